The summed E-state index contributed by atoms with van der Waals surface area (Å²) < 4.78 is 0.587. The maximum atomic E-state index is 12.1. The summed E-state index contributed by atoms with van der Waals surface area (Å²) in [4.78, 5) is 14.3. The van der Waals surface area contributed by atoms with Crippen LogP contribution in [0.5, 0.6) is 5.75 Å². The van der Waals surface area contributed by atoms with Gasteiger partial charge in [0.15, 0.2) is 0 Å². The quantitative estimate of drug-likeness (QED) is 0.682. The van der Waals surface area contributed by atoms with E-state index in [9.17, 15) is 9.90 Å². The Bertz CT molecular complexity index is 525. The van der Waals surface area contributed by atoms with E-state index < -0.39 is 0 Å². The lowest BCUT2D eigenvalue weighted by Gasteiger charge is -2.11. The lowest BCUT2D eigenvalue weighted by molar-refractivity contribution is -0.122. The van der Waals surface area contributed by atoms with Gasteiger partial charge < -0.3 is 5.11 Å². The monoisotopic (exact) mass is 279 g/mol. The molecule has 0 unspecified atom stereocenters. The lowest BCUT2D eigenvalue weighted by atomic mass is 10.2. The van der Waals surface area contributed by atoms with Crippen LogP contribution in [-0.2, 0) is 4.79 Å². The fourth-order valence-electron chi connectivity index (χ4n) is 1.67. The van der Waals surface area contributed by atoms with E-state index in [4.69, 9.17) is 12.2 Å². The molecular formula is C13H13NO2S2. The van der Waals surface area contributed by atoms with Gasteiger partial charge >= 0.3 is 0 Å². The van der Waals surface area contributed by atoms with Crippen LogP contribution in [0.3, 0.4) is 0 Å². The molecule has 1 N–H and O–H groups in total. The van der Waals surface area contributed by atoms with Crippen LogP contribution in [0.4, 0.5) is 0 Å². The summed E-state index contributed by atoms with van der Waals surface area (Å²) in [5, 5.41) is 9.68. The summed E-state index contributed by atoms with van der Waals surface area (Å²) in [6, 6.07) is 6.92. The number of phenols is 1. The third kappa shape index (κ3) is 2.57. The second kappa shape index (κ2) is 5.54. The smallest absolute Gasteiger partial charge is 0.266 e. The third-order valence-corrected chi connectivity index (χ3v) is 3.92. The lowest BCUT2D eigenvalue weighted by Crippen LogP contribution is -2.28. The zero-order chi connectivity index (χ0) is 13.1. The number of thioether (sulfide) groups is 1. The molecule has 0 radical (unpaired) electrons. The van der Waals surface area contributed by atoms with Gasteiger partial charge in [0.25, 0.3) is 5.91 Å². The Labute approximate surface area is 115 Å². The van der Waals surface area contributed by atoms with E-state index in [1.807, 2.05) is 13.0 Å². The highest BCUT2D eigenvalue weighted by Crippen LogP contribution is 2.33. The Morgan fingerprint density at radius 1 is 1.44 bits per heavy atom. The van der Waals surface area contributed by atoms with E-state index in [0.717, 1.165) is 6.42 Å². The maximum absolute atomic E-state index is 12.1. The van der Waals surface area contributed by atoms with E-state index >= 15 is 0 Å². The van der Waals surface area contributed by atoms with Crippen LogP contribution in [0.2, 0.25) is 0 Å². The van der Waals surface area contributed by atoms with Crippen molar-refractivity contribution < 1.29 is 9.90 Å². The minimum Gasteiger partial charge on any atom is -0.507 e. The predicted molar refractivity (Wildman–Crippen MR) is 78.3 cm³/mol. The number of hydrogen-bond donors (Lipinski definition) is 1. The van der Waals surface area contributed by atoms with Gasteiger partial charge in [-0.15, -0.1) is 0 Å². The van der Waals surface area contributed by atoms with E-state index in [2.05, 4.69) is 0 Å². The van der Waals surface area contributed by atoms with Crippen molar-refractivity contribution in [1.29, 1.82) is 0 Å². The molecule has 1 fully saturated rings. The van der Waals surface area contributed by atoms with Crippen molar-refractivity contribution in [3.05, 3.63) is 34.7 Å². The van der Waals surface area contributed by atoms with Crippen LogP contribution in [-0.4, -0.2) is 26.8 Å². The molecule has 18 heavy (non-hydrogen) atoms. The molecule has 1 saturated heterocycles. The number of para-hydroxylation sites is 1. The number of nitrogens with zero attached hydrogens (tertiary/aromatic N) is 1. The summed E-state index contributed by atoms with van der Waals surface area (Å²) >= 11 is 6.46. The molecule has 0 saturated carbocycles. The molecular weight excluding hydrogens is 266 g/mol. The fourth-order valence-corrected chi connectivity index (χ4v) is 2.97. The van der Waals surface area contributed by atoms with Crippen molar-refractivity contribution in [1.82, 2.24) is 4.90 Å². The molecule has 1 aliphatic rings. The summed E-state index contributed by atoms with van der Waals surface area (Å²) in [6.07, 6.45) is 2.56. The molecule has 0 bridgehead atoms. The Hall–Kier alpha value is -1.33. The van der Waals surface area contributed by atoms with Crippen molar-refractivity contribution in [3.8, 4) is 5.75 Å². The van der Waals surface area contributed by atoms with Gasteiger partial charge in [-0.2, -0.15) is 0 Å². The first-order valence-electron chi connectivity index (χ1n) is 5.67. The number of aromatic hydroxyl groups is 1. The molecule has 1 aromatic carbocycles. The SMILES string of the molecule is CCCN1C(=O)/C(=C/c2ccccc2O)SC1=S. The van der Waals surface area contributed by atoms with Crippen LogP contribution < -0.4 is 0 Å². The van der Waals surface area contributed by atoms with E-state index in [-0.39, 0.29) is 11.7 Å². The van der Waals surface area contributed by atoms with Gasteiger partial charge in [-0.3, -0.25) is 9.69 Å². The van der Waals surface area contributed by atoms with Crippen LogP contribution in [0, 0.1) is 0 Å². The average molecular weight is 279 g/mol. The molecule has 94 valence electrons. The number of carbonyl (C=O) groups excluding carboxylic acids is 1. The first-order chi connectivity index (χ1) is 8.63. The molecule has 1 aromatic rings. The first-order valence-corrected chi connectivity index (χ1v) is 6.89. The number of hydrogen-bond acceptors (Lipinski definition) is 4. The highest BCUT2D eigenvalue weighted by atomic mass is 32.2. The molecule has 1 amide bonds. The molecule has 1 aliphatic heterocycles. The topological polar surface area (TPSA) is 40.5 Å². The van der Waals surface area contributed by atoms with Gasteiger partial charge in [-0.1, -0.05) is 49.1 Å². The Morgan fingerprint density at radius 2 is 2.17 bits per heavy atom. The van der Waals surface area contributed by atoms with Crippen molar-refractivity contribution in [2.24, 2.45) is 0 Å². The Kier molecular flexibility index (Phi) is 4.04. The molecule has 0 aromatic heterocycles. The van der Waals surface area contributed by atoms with Crippen LogP contribution in [0.25, 0.3) is 6.08 Å². The summed E-state index contributed by atoms with van der Waals surface area (Å²) in [5.41, 5.74) is 0.634. The standard InChI is InChI=1S/C13H13NO2S2/c1-2-7-14-12(16)11(18-13(14)17)8-9-5-3-4-6-10(9)15/h3-6,8,15H,2,7H2,1H3/b11-8-. The summed E-state index contributed by atoms with van der Waals surface area (Å²) in [6.45, 7) is 2.65. The zero-order valence-corrected chi connectivity index (χ0v) is 11.6. The molecule has 1 heterocycles. The normalized spacial score (nSPS) is 17.8. The molecule has 2 rings (SSSR count). The van der Waals surface area contributed by atoms with Crippen molar-refractivity contribution >= 4 is 40.3 Å². The van der Waals surface area contributed by atoms with Crippen LogP contribution in [0.15, 0.2) is 29.2 Å². The second-order valence-corrected chi connectivity index (χ2v) is 5.57. The average Bonchev–Trinajstić information content (AvgIpc) is 2.60. The van der Waals surface area contributed by atoms with Gasteiger partial charge in [0.1, 0.15) is 10.1 Å². The summed E-state index contributed by atoms with van der Waals surface area (Å²) in [7, 11) is 0. The first kappa shape index (κ1) is 13.1. The third-order valence-electron chi connectivity index (χ3n) is 2.54. The van der Waals surface area contributed by atoms with Crippen LogP contribution >= 0.6 is 24.0 Å². The van der Waals surface area contributed by atoms with Gasteiger partial charge in [0.05, 0.1) is 4.91 Å². The number of benzene rings is 1. The molecule has 3 nitrogen and oxygen atoms in total. The minimum atomic E-state index is -0.0740. The van der Waals surface area contributed by atoms with E-state index in [1.54, 1.807) is 29.2 Å². The van der Waals surface area contributed by atoms with Gasteiger partial charge in [0, 0.05) is 12.1 Å². The van der Waals surface area contributed by atoms with Crippen molar-refractivity contribution in [2.75, 3.05) is 6.54 Å². The van der Waals surface area contributed by atoms with Gasteiger partial charge in [0.2, 0.25) is 0 Å². The number of carbonyl (C=O) groups is 1. The highest BCUT2D eigenvalue weighted by Gasteiger charge is 2.31. The maximum Gasteiger partial charge on any atom is 0.266 e. The van der Waals surface area contributed by atoms with Crippen LogP contribution in [0.1, 0.15) is 18.9 Å². The van der Waals surface area contributed by atoms with Crippen molar-refractivity contribution in [3.63, 3.8) is 0 Å². The second-order valence-electron chi connectivity index (χ2n) is 3.89. The predicted octanol–water partition coefficient (Wildman–Crippen LogP) is 3.00. The largest absolute Gasteiger partial charge is 0.507 e. The van der Waals surface area contributed by atoms with E-state index in [1.165, 1.54) is 11.8 Å². The molecule has 0 spiro atoms. The zero-order valence-electron chi connectivity index (χ0n) is 9.92. The molecule has 0 atom stereocenters. The summed E-state index contributed by atoms with van der Waals surface area (Å²) in [5.74, 6) is 0.0911. The molecule has 0 aliphatic carbocycles. The number of thiocarbonyl (C=S) groups is 1. The number of amides is 1. The van der Waals surface area contributed by atoms with Crippen molar-refractivity contribution in [2.45, 2.75) is 13.3 Å². The Balaban J connectivity index is 2.28. The highest BCUT2D eigenvalue weighted by molar-refractivity contribution is 8.26. The molecule has 5 heteroatoms. The Morgan fingerprint density at radius 3 is 2.83 bits per heavy atom. The number of phenolic OH excluding ortho intramolecular Hbond substituents is 1. The minimum absolute atomic E-state index is 0.0740. The van der Waals surface area contributed by atoms with E-state index in [0.29, 0.717) is 21.3 Å². The van der Waals surface area contributed by atoms with Gasteiger partial charge in [-0.05, 0) is 18.6 Å². The van der Waals surface area contributed by atoms with Gasteiger partial charge in [-0.25, -0.2) is 0 Å². The fraction of sp³-hybridized carbons (Fsp3) is 0.231. The number of rotatable bonds is 3.